The minimum absolute atomic E-state index is 0.0715. The normalized spacial score (nSPS) is 16.4. The molecule has 1 aliphatic rings. The zero-order chi connectivity index (χ0) is 13.8. The Morgan fingerprint density at radius 1 is 1.47 bits per heavy atom. The molecule has 0 amide bonds. The fourth-order valence-electron chi connectivity index (χ4n) is 2.30. The summed E-state index contributed by atoms with van der Waals surface area (Å²) in [5.74, 6) is 1.51. The molecule has 1 saturated heterocycles. The van der Waals surface area contributed by atoms with Gasteiger partial charge < -0.3 is 15.3 Å². The lowest BCUT2D eigenvalue weighted by Crippen LogP contribution is -2.22. The molecule has 2 N–H and O–H groups in total. The first kappa shape index (κ1) is 13.6. The molecule has 1 atom stereocenters. The van der Waals surface area contributed by atoms with Crippen molar-refractivity contribution in [3.63, 3.8) is 0 Å². The number of nitrogens with zero attached hydrogens (tertiary/aromatic N) is 3. The molecule has 6 heteroatoms. The second kappa shape index (κ2) is 5.86. The van der Waals surface area contributed by atoms with E-state index >= 15 is 0 Å². The van der Waals surface area contributed by atoms with Crippen LogP contribution in [0.25, 0.3) is 0 Å². The molecule has 2 rings (SSSR count). The Morgan fingerprint density at radius 2 is 2.16 bits per heavy atom. The monoisotopic (exact) mass is 264 g/mol. The van der Waals surface area contributed by atoms with Crippen LogP contribution in [0.4, 0.5) is 11.6 Å². The van der Waals surface area contributed by atoms with Gasteiger partial charge in [0.15, 0.2) is 0 Å². The van der Waals surface area contributed by atoms with Gasteiger partial charge in [-0.3, -0.25) is 4.79 Å². The van der Waals surface area contributed by atoms with Gasteiger partial charge in [0, 0.05) is 25.2 Å². The molecule has 104 valence electrons. The van der Waals surface area contributed by atoms with E-state index in [1.54, 1.807) is 0 Å². The third kappa shape index (κ3) is 3.81. The first-order chi connectivity index (χ1) is 9.04. The lowest BCUT2D eigenvalue weighted by molar-refractivity contribution is -0.137. The van der Waals surface area contributed by atoms with Crippen molar-refractivity contribution in [3.8, 4) is 0 Å². The number of carbonyl (C=O) groups is 1. The third-order valence-corrected chi connectivity index (χ3v) is 3.13. The van der Waals surface area contributed by atoms with Crippen LogP contribution >= 0.6 is 0 Å². The molecule has 2 heterocycles. The lowest BCUT2D eigenvalue weighted by Gasteiger charge is -2.19. The number of nitrogens with one attached hydrogen (secondary N) is 1. The molecular formula is C13H20N4O2. The highest BCUT2D eigenvalue weighted by Crippen LogP contribution is 2.21. The summed E-state index contributed by atoms with van der Waals surface area (Å²) in [7, 11) is 0. The third-order valence-electron chi connectivity index (χ3n) is 3.13. The highest BCUT2D eigenvalue weighted by Gasteiger charge is 2.16. The first-order valence-corrected chi connectivity index (χ1v) is 6.63. The van der Waals surface area contributed by atoms with Gasteiger partial charge in [0.05, 0.1) is 6.42 Å². The summed E-state index contributed by atoms with van der Waals surface area (Å²) >= 11 is 0. The van der Waals surface area contributed by atoms with Gasteiger partial charge in [-0.05, 0) is 26.7 Å². The predicted octanol–water partition coefficient (Wildman–Crippen LogP) is 1.66. The van der Waals surface area contributed by atoms with E-state index in [4.69, 9.17) is 5.11 Å². The summed E-state index contributed by atoms with van der Waals surface area (Å²) < 4.78 is 0. The van der Waals surface area contributed by atoms with E-state index in [0.717, 1.165) is 18.9 Å². The zero-order valence-corrected chi connectivity index (χ0v) is 11.4. The van der Waals surface area contributed by atoms with Crippen LogP contribution in [0.15, 0.2) is 6.07 Å². The van der Waals surface area contributed by atoms with Crippen molar-refractivity contribution < 1.29 is 9.90 Å². The molecule has 6 nitrogen and oxygen atoms in total. The molecule has 19 heavy (non-hydrogen) atoms. The van der Waals surface area contributed by atoms with E-state index in [1.807, 2.05) is 19.9 Å². The minimum atomic E-state index is -0.814. The van der Waals surface area contributed by atoms with Crippen LogP contribution in [0.2, 0.25) is 0 Å². The number of carboxylic acids is 1. The smallest absolute Gasteiger partial charge is 0.305 e. The largest absolute Gasteiger partial charge is 0.481 e. The van der Waals surface area contributed by atoms with Crippen molar-refractivity contribution in [2.75, 3.05) is 23.3 Å². The molecular weight excluding hydrogens is 244 g/mol. The van der Waals surface area contributed by atoms with E-state index in [9.17, 15) is 4.79 Å². The molecule has 1 unspecified atom stereocenters. The van der Waals surface area contributed by atoms with E-state index in [2.05, 4.69) is 20.2 Å². The van der Waals surface area contributed by atoms with E-state index < -0.39 is 5.97 Å². The number of aryl methyl sites for hydroxylation is 1. The van der Waals surface area contributed by atoms with E-state index in [-0.39, 0.29) is 12.5 Å². The van der Waals surface area contributed by atoms with Crippen LogP contribution in [0, 0.1) is 6.92 Å². The first-order valence-electron chi connectivity index (χ1n) is 6.63. The second-order valence-electron chi connectivity index (χ2n) is 5.00. The Balaban J connectivity index is 2.09. The van der Waals surface area contributed by atoms with Crippen molar-refractivity contribution in [1.29, 1.82) is 0 Å². The van der Waals surface area contributed by atoms with Crippen LogP contribution in [0.1, 0.15) is 32.0 Å². The molecule has 1 aliphatic heterocycles. The lowest BCUT2D eigenvalue weighted by atomic mass is 10.2. The SMILES string of the molecule is Cc1nc(NC(C)CC(=O)O)cc(N2CCCC2)n1. The zero-order valence-electron chi connectivity index (χ0n) is 11.4. The molecule has 0 radical (unpaired) electrons. The van der Waals surface area contributed by atoms with Gasteiger partial charge in [0.1, 0.15) is 17.5 Å². The molecule has 0 aliphatic carbocycles. The maximum Gasteiger partial charge on any atom is 0.305 e. The van der Waals surface area contributed by atoms with Crippen LogP contribution in [0.5, 0.6) is 0 Å². The Kier molecular flexibility index (Phi) is 4.19. The van der Waals surface area contributed by atoms with Gasteiger partial charge in [-0.2, -0.15) is 0 Å². The molecule has 0 bridgehead atoms. The van der Waals surface area contributed by atoms with Crippen LogP contribution in [-0.2, 0) is 4.79 Å². The van der Waals surface area contributed by atoms with Gasteiger partial charge in [-0.25, -0.2) is 9.97 Å². The Morgan fingerprint density at radius 3 is 2.79 bits per heavy atom. The molecule has 0 saturated carbocycles. The number of aliphatic carboxylic acids is 1. The van der Waals surface area contributed by atoms with Crippen molar-refractivity contribution in [1.82, 2.24) is 9.97 Å². The average molecular weight is 264 g/mol. The molecule has 1 fully saturated rings. The fourth-order valence-corrected chi connectivity index (χ4v) is 2.30. The number of hydrogen-bond acceptors (Lipinski definition) is 5. The fraction of sp³-hybridized carbons (Fsp3) is 0.615. The van der Waals surface area contributed by atoms with Crippen molar-refractivity contribution in [2.24, 2.45) is 0 Å². The Bertz CT molecular complexity index is 458. The Hall–Kier alpha value is -1.85. The standard InChI is InChI=1S/C13H20N4O2/c1-9(7-13(18)19)14-11-8-12(16-10(2)15-11)17-5-3-4-6-17/h8-9H,3-7H2,1-2H3,(H,18,19)(H,14,15,16). The van der Waals surface area contributed by atoms with Gasteiger partial charge in [-0.15, -0.1) is 0 Å². The summed E-state index contributed by atoms with van der Waals surface area (Å²) in [4.78, 5) is 21.7. The number of carboxylic acid groups (broad SMARTS) is 1. The molecule has 1 aromatic rings. The summed E-state index contributed by atoms with van der Waals surface area (Å²) in [5, 5.41) is 11.9. The quantitative estimate of drug-likeness (QED) is 0.842. The average Bonchev–Trinajstić information content (AvgIpc) is 2.79. The highest BCUT2D eigenvalue weighted by molar-refractivity contribution is 5.68. The molecule has 1 aromatic heterocycles. The van der Waals surface area contributed by atoms with Gasteiger partial charge in [0.2, 0.25) is 0 Å². The number of anilines is 2. The van der Waals surface area contributed by atoms with Crippen LogP contribution in [0.3, 0.4) is 0 Å². The summed E-state index contributed by atoms with van der Waals surface area (Å²) in [5.41, 5.74) is 0. The summed E-state index contributed by atoms with van der Waals surface area (Å²) in [6.45, 7) is 5.74. The predicted molar refractivity (Wildman–Crippen MR) is 73.6 cm³/mol. The van der Waals surface area contributed by atoms with Crippen molar-refractivity contribution >= 4 is 17.6 Å². The molecule has 0 aromatic carbocycles. The maximum atomic E-state index is 10.7. The van der Waals surface area contributed by atoms with Crippen LogP contribution < -0.4 is 10.2 Å². The summed E-state index contributed by atoms with van der Waals surface area (Å²) in [6, 6.07) is 1.75. The van der Waals surface area contributed by atoms with Crippen molar-refractivity contribution in [2.45, 2.75) is 39.2 Å². The van der Waals surface area contributed by atoms with Crippen LogP contribution in [-0.4, -0.2) is 40.2 Å². The maximum absolute atomic E-state index is 10.7. The minimum Gasteiger partial charge on any atom is -0.481 e. The topological polar surface area (TPSA) is 78.3 Å². The number of hydrogen-bond donors (Lipinski definition) is 2. The molecule has 0 spiro atoms. The van der Waals surface area contributed by atoms with Gasteiger partial charge >= 0.3 is 5.97 Å². The summed E-state index contributed by atoms with van der Waals surface area (Å²) in [6.07, 6.45) is 2.46. The van der Waals surface area contributed by atoms with E-state index in [1.165, 1.54) is 12.8 Å². The van der Waals surface area contributed by atoms with Crippen molar-refractivity contribution in [3.05, 3.63) is 11.9 Å². The second-order valence-corrected chi connectivity index (χ2v) is 5.00. The van der Waals surface area contributed by atoms with E-state index in [0.29, 0.717) is 11.6 Å². The Labute approximate surface area is 112 Å². The number of aromatic nitrogens is 2. The van der Waals surface area contributed by atoms with Gasteiger partial charge in [-0.1, -0.05) is 0 Å². The number of rotatable bonds is 5. The van der Waals surface area contributed by atoms with Gasteiger partial charge in [0.25, 0.3) is 0 Å². The highest BCUT2D eigenvalue weighted by atomic mass is 16.4.